The molecule has 0 unspecified atom stereocenters. The fourth-order valence-corrected chi connectivity index (χ4v) is 2.48. The van der Waals surface area contributed by atoms with Crippen LogP contribution in [0.15, 0.2) is 24.3 Å². The molecular weight excluding hydrogens is 229 g/mol. The second-order valence-corrected chi connectivity index (χ2v) is 5.03. The summed E-state index contributed by atoms with van der Waals surface area (Å²) in [6.07, 6.45) is 1.96. The monoisotopic (exact) mass is 245 g/mol. The number of rotatable bonds is 2. The molecule has 2 aromatic rings. The van der Waals surface area contributed by atoms with Crippen molar-refractivity contribution in [3.05, 3.63) is 41.6 Å². The summed E-state index contributed by atoms with van der Waals surface area (Å²) in [5, 5.41) is 0. The minimum atomic E-state index is -0.234. The molecule has 3 nitrogen and oxygen atoms in total. The lowest BCUT2D eigenvalue weighted by Gasteiger charge is -2.30. The molecule has 1 fully saturated rings. The smallest absolute Gasteiger partial charge is 0.123 e. The summed E-state index contributed by atoms with van der Waals surface area (Å²) < 4.78 is 13.2. The first-order valence-electron chi connectivity index (χ1n) is 6.21. The van der Waals surface area contributed by atoms with Crippen molar-refractivity contribution in [2.75, 3.05) is 0 Å². The highest BCUT2D eigenvalue weighted by atomic mass is 19.1. The highest BCUT2D eigenvalue weighted by Gasteiger charge is 2.30. The second kappa shape index (κ2) is 4.21. The number of aromatic amines is 1. The minimum Gasteiger partial charge on any atom is -0.345 e. The zero-order valence-electron chi connectivity index (χ0n) is 10.3. The molecule has 18 heavy (non-hydrogen) atoms. The third-order valence-corrected chi connectivity index (χ3v) is 3.56. The first-order chi connectivity index (χ1) is 8.63. The van der Waals surface area contributed by atoms with Crippen LogP contribution in [0, 0.1) is 12.7 Å². The molecule has 0 radical (unpaired) electrons. The van der Waals surface area contributed by atoms with Crippen LogP contribution in [0.3, 0.4) is 0 Å². The first-order valence-corrected chi connectivity index (χ1v) is 6.21. The molecule has 0 saturated heterocycles. The van der Waals surface area contributed by atoms with Crippen LogP contribution in [0.4, 0.5) is 4.39 Å². The lowest BCUT2D eigenvalue weighted by molar-refractivity contribution is 0.340. The summed E-state index contributed by atoms with van der Waals surface area (Å²) in [6, 6.07) is 6.84. The number of imidazole rings is 1. The Bertz CT molecular complexity index is 570. The lowest BCUT2D eigenvalue weighted by Crippen LogP contribution is -2.35. The molecule has 3 N–H and O–H groups in total. The van der Waals surface area contributed by atoms with Gasteiger partial charge in [0.25, 0.3) is 0 Å². The summed E-state index contributed by atoms with van der Waals surface area (Å²) in [7, 11) is 0. The number of halogens is 1. The van der Waals surface area contributed by atoms with E-state index in [0.717, 1.165) is 35.6 Å². The van der Waals surface area contributed by atoms with Gasteiger partial charge in [0.05, 0.1) is 5.69 Å². The van der Waals surface area contributed by atoms with Crippen molar-refractivity contribution in [3.63, 3.8) is 0 Å². The SMILES string of the molecule is Cc1[nH]c(C2CC(N)C2)nc1-c1cccc(F)c1. The summed E-state index contributed by atoms with van der Waals surface area (Å²) in [5.41, 5.74) is 8.43. The fraction of sp³-hybridized carbons (Fsp3) is 0.357. The predicted octanol–water partition coefficient (Wildman–Crippen LogP) is 2.73. The first kappa shape index (κ1) is 11.4. The molecule has 0 atom stereocenters. The van der Waals surface area contributed by atoms with Gasteiger partial charge >= 0.3 is 0 Å². The van der Waals surface area contributed by atoms with Crippen LogP contribution >= 0.6 is 0 Å². The van der Waals surface area contributed by atoms with Crippen LogP contribution in [-0.4, -0.2) is 16.0 Å². The quantitative estimate of drug-likeness (QED) is 0.854. The van der Waals surface area contributed by atoms with Crippen molar-refractivity contribution in [2.24, 2.45) is 5.73 Å². The Morgan fingerprint density at radius 1 is 1.39 bits per heavy atom. The van der Waals surface area contributed by atoms with Crippen LogP contribution in [0.5, 0.6) is 0 Å². The van der Waals surface area contributed by atoms with E-state index >= 15 is 0 Å². The average Bonchev–Trinajstić information content (AvgIpc) is 2.67. The average molecular weight is 245 g/mol. The van der Waals surface area contributed by atoms with Crippen LogP contribution in [-0.2, 0) is 0 Å². The van der Waals surface area contributed by atoms with E-state index in [1.54, 1.807) is 6.07 Å². The van der Waals surface area contributed by atoms with E-state index in [2.05, 4.69) is 9.97 Å². The Labute approximate surface area is 105 Å². The van der Waals surface area contributed by atoms with Crippen LogP contribution in [0.25, 0.3) is 11.3 Å². The van der Waals surface area contributed by atoms with Crippen molar-refractivity contribution in [1.29, 1.82) is 0 Å². The van der Waals surface area contributed by atoms with Gasteiger partial charge in [0, 0.05) is 23.2 Å². The van der Waals surface area contributed by atoms with Crippen molar-refractivity contribution in [2.45, 2.75) is 31.7 Å². The molecule has 1 saturated carbocycles. The molecule has 94 valence electrons. The number of hydrogen-bond acceptors (Lipinski definition) is 2. The maximum atomic E-state index is 13.2. The Kier molecular flexibility index (Phi) is 2.67. The molecule has 4 heteroatoms. The predicted molar refractivity (Wildman–Crippen MR) is 68.7 cm³/mol. The van der Waals surface area contributed by atoms with Gasteiger partial charge in [-0.05, 0) is 31.9 Å². The number of nitrogens with one attached hydrogen (secondary N) is 1. The van der Waals surface area contributed by atoms with E-state index in [-0.39, 0.29) is 5.82 Å². The molecule has 3 rings (SSSR count). The van der Waals surface area contributed by atoms with E-state index < -0.39 is 0 Å². The van der Waals surface area contributed by atoms with E-state index in [1.165, 1.54) is 12.1 Å². The highest BCUT2D eigenvalue weighted by Crippen LogP contribution is 2.35. The fourth-order valence-electron chi connectivity index (χ4n) is 2.48. The Hall–Kier alpha value is -1.68. The number of hydrogen-bond donors (Lipinski definition) is 2. The normalized spacial score (nSPS) is 22.8. The van der Waals surface area contributed by atoms with Gasteiger partial charge in [-0.2, -0.15) is 0 Å². The van der Waals surface area contributed by atoms with Gasteiger partial charge in [-0.3, -0.25) is 0 Å². The van der Waals surface area contributed by atoms with Crippen LogP contribution in [0.2, 0.25) is 0 Å². The van der Waals surface area contributed by atoms with Gasteiger partial charge in [-0.1, -0.05) is 12.1 Å². The van der Waals surface area contributed by atoms with Gasteiger partial charge in [0.2, 0.25) is 0 Å². The van der Waals surface area contributed by atoms with E-state index in [4.69, 9.17) is 5.73 Å². The molecule has 0 bridgehead atoms. The van der Waals surface area contributed by atoms with E-state index in [9.17, 15) is 4.39 Å². The molecule has 0 aliphatic heterocycles. The van der Waals surface area contributed by atoms with Gasteiger partial charge in [-0.15, -0.1) is 0 Å². The van der Waals surface area contributed by atoms with Gasteiger partial charge in [0.15, 0.2) is 0 Å². The van der Waals surface area contributed by atoms with Crippen molar-refractivity contribution >= 4 is 0 Å². The third-order valence-electron chi connectivity index (χ3n) is 3.56. The summed E-state index contributed by atoms with van der Waals surface area (Å²) in [6.45, 7) is 1.97. The second-order valence-electron chi connectivity index (χ2n) is 5.03. The highest BCUT2D eigenvalue weighted by molar-refractivity contribution is 5.62. The van der Waals surface area contributed by atoms with Gasteiger partial charge in [-0.25, -0.2) is 9.37 Å². The number of benzene rings is 1. The number of aryl methyl sites for hydroxylation is 1. The maximum absolute atomic E-state index is 13.2. The Balaban J connectivity index is 1.93. The minimum absolute atomic E-state index is 0.234. The zero-order valence-corrected chi connectivity index (χ0v) is 10.3. The summed E-state index contributed by atoms with van der Waals surface area (Å²) in [4.78, 5) is 7.90. The van der Waals surface area contributed by atoms with Crippen molar-refractivity contribution in [3.8, 4) is 11.3 Å². The summed E-state index contributed by atoms with van der Waals surface area (Å²) in [5.74, 6) is 1.18. The van der Waals surface area contributed by atoms with Crippen LogP contribution in [0.1, 0.15) is 30.3 Å². The molecule has 1 heterocycles. The van der Waals surface area contributed by atoms with E-state index in [0.29, 0.717) is 12.0 Å². The molecule has 0 amide bonds. The largest absolute Gasteiger partial charge is 0.345 e. The van der Waals surface area contributed by atoms with Crippen molar-refractivity contribution in [1.82, 2.24) is 9.97 Å². The maximum Gasteiger partial charge on any atom is 0.123 e. The Morgan fingerprint density at radius 3 is 2.83 bits per heavy atom. The van der Waals surface area contributed by atoms with Crippen molar-refractivity contribution < 1.29 is 4.39 Å². The Morgan fingerprint density at radius 2 is 2.17 bits per heavy atom. The third kappa shape index (κ3) is 1.93. The van der Waals surface area contributed by atoms with Gasteiger partial charge in [0.1, 0.15) is 11.6 Å². The topological polar surface area (TPSA) is 54.7 Å². The van der Waals surface area contributed by atoms with E-state index in [1.807, 2.05) is 13.0 Å². The van der Waals surface area contributed by atoms with Gasteiger partial charge < -0.3 is 10.7 Å². The molecular formula is C14H16FN3. The lowest BCUT2D eigenvalue weighted by atomic mass is 9.80. The number of nitrogens with two attached hydrogens (primary N) is 1. The number of nitrogens with zero attached hydrogens (tertiary/aromatic N) is 1. The number of aromatic nitrogens is 2. The molecule has 1 aromatic carbocycles. The zero-order chi connectivity index (χ0) is 12.7. The molecule has 1 aromatic heterocycles. The summed E-state index contributed by atoms with van der Waals surface area (Å²) >= 11 is 0. The molecule has 1 aliphatic carbocycles. The van der Waals surface area contributed by atoms with Crippen LogP contribution < -0.4 is 5.73 Å². The standard InChI is InChI=1S/C14H16FN3/c1-8-13(9-3-2-4-11(15)5-9)18-14(17-8)10-6-12(16)7-10/h2-5,10,12H,6-7,16H2,1H3,(H,17,18). The molecule has 0 spiro atoms. The number of H-pyrrole nitrogens is 1. The molecule has 1 aliphatic rings.